The van der Waals surface area contributed by atoms with Crippen LogP contribution in [0.3, 0.4) is 0 Å². The predicted molar refractivity (Wildman–Crippen MR) is 87.1 cm³/mol. The van der Waals surface area contributed by atoms with E-state index >= 15 is 0 Å². The number of imidazole rings is 1. The molecule has 0 bridgehead atoms. The molecule has 2 aromatic carbocycles. The van der Waals surface area contributed by atoms with Gasteiger partial charge in [0.15, 0.2) is 9.84 Å². The van der Waals surface area contributed by atoms with E-state index in [1.165, 1.54) is 42.5 Å². The summed E-state index contributed by atoms with van der Waals surface area (Å²) in [5, 5.41) is 0. The molecule has 26 heavy (non-hydrogen) atoms. The normalized spacial score (nSPS) is 12.3. The van der Waals surface area contributed by atoms with E-state index in [2.05, 4.69) is 4.98 Å². The highest BCUT2D eigenvalue weighted by Crippen LogP contribution is 2.34. The minimum atomic E-state index is -4.75. The summed E-state index contributed by atoms with van der Waals surface area (Å²) < 4.78 is 77.5. The SMILES string of the molecule is CS(=O)(=O)c1ccc(-n2c(-c3cccc(F)c3)cnc2C(F)(F)F)cc1. The molecule has 0 N–H and O–H groups in total. The quantitative estimate of drug-likeness (QED) is 0.639. The molecule has 3 rings (SSSR count). The maximum absolute atomic E-state index is 13.5. The first-order chi connectivity index (χ1) is 12.1. The van der Waals surface area contributed by atoms with E-state index in [4.69, 9.17) is 0 Å². The standard InChI is InChI=1S/C17H12F4N2O2S/c1-26(24,25)14-7-5-13(6-8-14)23-15(10-22-16(23)17(19,20)21)11-3-2-4-12(18)9-11/h2-10H,1H3. The number of nitrogens with zero attached hydrogens (tertiary/aromatic N) is 2. The van der Waals surface area contributed by atoms with Crippen molar-refractivity contribution in [2.75, 3.05) is 6.26 Å². The van der Waals surface area contributed by atoms with E-state index in [0.29, 0.717) is 0 Å². The van der Waals surface area contributed by atoms with Gasteiger partial charge >= 0.3 is 6.18 Å². The maximum atomic E-state index is 13.5. The van der Waals surface area contributed by atoms with Gasteiger partial charge in [0.25, 0.3) is 0 Å². The predicted octanol–water partition coefficient (Wildman–Crippen LogP) is 4.10. The first-order valence-corrected chi connectivity index (χ1v) is 9.18. The van der Waals surface area contributed by atoms with Crippen LogP contribution in [-0.4, -0.2) is 24.2 Å². The average molecular weight is 384 g/mol. The second-order valence-corrected chi connectivity index (χ2v) is 7.59. The lowest BCUT2D eigenvalue weighted by atomic mass is 10.1. The Labute approximate surface area is 146 Å². The number of sulfone groups is 1. The zero-order valence-corrected chi connectivity index (χ0v) is 14.1. The summed E-state index contributed by atoms with van der Waals surface area (Å²) >= 11 is 0. The van der Waals surface area contributed by atoms with E-state index in [1.807, 2.05) is 0 Å². The minimum absolute atomic E-state index is 0.0257. The van der Waals surface area contributed by atoms with Crippen LogP contribution in [0.25, 0.3) is 16.9 Å². The van der Waals surface area contributed by atoms with Gasteiger partial charge in [-0.25, -0.2) is 17.8 Å². The number of rotatable bonds is 3. The topological polar surface area (TPSA) is 52.0 Å². The monoisotopic (exact) mass is 384 g/mol. The fourth-order valence-corrected chi connectivity index (χ4v) is 3.14. The van der Waals surface area contributed by atoms with Gasteiger partial charge in [-0.1, -0.05) is 12.1 Å². The smallest absolute Gasteiger partial charge is 0.289 e. The van der Waals surface area contributed by atoms with Crippen molar-refractivity contribution in [3.63, 3.8) is 0 Å². The number of aromatic nitrogens is 2. The summed E-state index contributed by atoms with van der Waals surface area (Å²) in [6, 6.07) is 10.0. The lowest BCUT2D eigenvalue weighted by Crippen LogP contribution is -2.14. The van der Waals surface area contributed by atoms with Crippen molar-refractivity contribution in [2.45, 2.75) is 11.1 Å². The van der Waals surface area contributed by atoms with Gasteiger partial charge in [-0.3, -0.25) is 4.57 Å². The van der Waals surface area contributed by atoms with Gasteiger partial charge in [-0.05, 0) is 36.4 Å². The average Bonchev–Trinajstić information content (AvgIpc) is 2.99. The molecule has 0 aliphatic rings. The first kappa shape index (κ1) is 18.1. The lowest BCUT2D eigenvalue weighted by Gasteiger charge is -2.14. The molecular weight excluding hydrogens is 372 g/mol. The molecule has 4 nitrogen and oxygen atoms in total. The molecule has 0 spiro atoms. The number of benzene rings is 2. The van der Waals surface area contributed by atoms with Gasteiger partial charge < -0.3 is 0 Å². The third-order valence-electron chi connectivity index (χ3n) is 3.66. The largest absolute Gasteiger partial charge is 0.450 e. The highest BCUT2D eigenvalue weighted by molar-refractivity contribution is 7.90. The Kier molecular flexibility index (Phi) is 4.35. The molecule has 9 heteroatoms. The first-order valence-electron chi connectivity index (χ1n) is 7.29. The second kappa shape index (κ2) is 6.24. The number of hydrogen-bond donors (Lipinski definition) is 0. The highest BCUT2D eigenvalue weighted by atomic mass is 32.2. The van der Waals surface area contributed by atoms with Crippen LogP contribution in [0.4, 0.5) is 17.6 Å². The van der Waals surface area contributed by atoms with Crippen molar-refractivity contribution < 1.29 is 26.0 Å². The summed E-state index contributed by atoms with van der Waals surface area (Å²) in [5.41, 5.74) is 0.297. The molecular formula is C17H12F4N2O2S. The molecule has 136 valence electrons. The molecule has 0 aliphatic carbocycles. The van der Waals surface area contributed by atoms with Gasteiger partial charge in [-0.15, -0.1) is 0 Å². The van der Waals surface area contributed by atoms with E-state index < -0.39 is 27.7 Å². The molecule has 0 aliphatic heterocycles. The van der Waals surface area contributed by atoms with Crippen LogP contribution in [0.15, 0.2) is 59.6 Å². The Morgan fingerprint density at radius 2 is 1.69 bits per heavy atom. The zero-order chi connectivity index (χ0) is 19.1. The molecule has 0 amide bonds. The molecule has 0 saturated heterocycles. The molecule has 0 unspecified atom stereocenters. The Balaban J connectivity index is 2.23. The van der Waals surface area contributed by atoms with Crippen molar-refractivity contribution in [3.8, 4) is 16.9 Å². The Morgan fingerprint density at radius 3 is 2.23 bits per heavy atom. The van der Waals surface area contributed by atoms with E-state index in [-0.39, 0.29) is 21.8 Å². The van der Waals surface area contributed by atoms with Crippen molar-refractivity contribution in [2.24, 2.45) is 0 Å². The zero-order valence-electron chi connectivity index (χ0n) is 13.3. The number of halogens is 4. The van der Waals surface area contributed by atoms with E-state index in [0.717, 1.165) is 23.1 Å². The minimum Gasteiger partial charge on any atom is -0.289 e. The number of hydrogen-bond acceptors (Lipinski definition) is 3. The van der Waals surface area contributed by atoms with Crippen LogP contribution in [0, 0.1) is 5.82 Å². The molecule has 0 atom stereocenters. The third kappa shape index (κ3) is 3.48. The summed E-state index contributed by atoms with van der Waals surface area (Å²) in [6.07, 6.45) is -2.75. The summed E-state index contributed by atoms with van der Waals surface area (Å²) in [7, 11) is -3.49. The third-order valence-corrected chi connectivity index (χ3v) is 4.79. The fourth-order valence-electron chi connectivity index (χ4n) is 2.51. The molecule has 0 saturated carbocycles. The van der Waals surface area contributed by atoms with Gasteiger partial charge in [-0.2, -0.15) is 13.2 Å². The molecule has 1 aromatic heterocycles. The van der Waals surface area contributed by atoms with Crippen LogP contribution in [0.5, 0.6) is 0 Å². The lowest BCUT2D eigenvalue weighted by molar-refractivity contribution is -0.145. The Hall–Kier alpha value is -2.68. The van der Waals surface area contributed by atoms with Crippen LogP contribution >= 0.6 is 0 Å². The van der Waals surface area contributed by atoms with Gasteiger partial charge in [0.05, 0.1) is 16.8 Å². The summed E-state index contributed by atoms with van der Waals surface area (Å²) in [4.78, 5) is 3.41. The summed E-state index contributed by atoms with van der Waals surface area (Å²) in [5.74, 6) is -1.79. The number of alkyl halides is 3. The molecule has 0 radical (unpaired) electrons. The van der Waals surface area contributed by atoms with E-state index in [9.17, 15) is 26.0 Å². The van der Waals surface area contributed by atoms with Gasteiger partial charge in [0.2, 0.25) is 5.82 Å². The van der Waals surface area contributed by atoms with Gasteiger partial charge in [0.1, 0.15) is 5.82 Å². The van der Waals surface area contributed by atoms with Crippen LogP contribution in [0.1, 0.15) is 5.82 Å². The summed E-state index contributed by atoms with van der Waals surface area (Å²) in [6.45, 7) is 0. The maximum Gasteiger partial charge on any atom is 0.450 e. The van der Waals surface area contributed by atoms with Crippen LogP contribution in [0.2, 0.25) is 0 Å². The highest BCUT2D eigenvalue weighted by Gasteiger charge is 2.38. The molecule has 0 fully saturated rings. The molecule has 3 aromatic rings. The van der Waals surface area contributed by atoms with Crippen LogP contribution < -0.4 is 0 Å². The van der Waals surface area contributed by atoms with Gasteiger partial charge in [0, 0.05) is 17.5 Å². The Bertz CT molecular complexity index is 1060. The van der Waals surface area contributed by atoms with Crippen molar-refractivity contribution in [1.29, 1.82) is 0 Å². The fraction of sp³-hybridized carbons (Fsp3) is 0.118. The van der Waals surface area contributed by atoms with Crippen molar-refractivity contribution >= 4 is 9.84 Å². The molecule has 1 heterocycles. The van der Waals surface area contributed by atoms with Crippen LogP contribution in [-0.2, 0) is 16.0 Å². The Morgan fingerprint density at radius 1 is 1.04 bits per heavy atom. The van der Waals surface area contributed by atoms with Crippen molar-refractivity contribution in [3.05, 3.63) is 66.4 Å². The van der Waals surface area contributed by atoms with Crippen molar-refractivity contribution in [1.82, 2.24) is 9.55 Å². The second-order valence-electron chi connectivity index (χ2n) is 5.58. The van der Waals surface area contributed by atoms with E-state index in [1.54, 1.807) is 0 Å².